The molecule has 0 radical (unpaired) electrons. The van der Waals surface area contributed by atoms with Gasteiger partial charge in [0.2, 0.25) is 0 Å². The van der Waals surface area contributed by atoms with Crippen LogP contribution in [0, 0.1) is 11.8 Å². The van der Waals surface area contributed by atoms with Gasteiger partial charge in [0, 0.05) is 12.3 Å². The maximum absolute atomic E-state index is 9.75. The van der Waals surface area contributed by atoms with E-state index >= 15 is 0 Å². The summed E-state index contributed by atoms with van der Waals surface area (Å²) in [5.74, 6) is -0.110. The largest absolute Gasteiger partial charge is 0.390 e. The van der Waals surface area contributed by atoms with Crippen molar-refractivity contribution >= 4 is 0 Å². The molecule has 1 spiro atoms. The average Bonchev–Trinajstić information content (AvgIpc) is 2.82. The standard InChI is InChI=1S/C10H16O4/c11-8-5-7-6(9(8)12)1-2-10(7)13-3-4-14-10/h6-9,11-12H,1-5H2/t6-,7-,8-,9+/m0/s1. The van der Waals surface area contributed by atoms with Gasteiger partial charge in [-0.05, 0) is 18.8 Å². The molecule has 14 heavy (non-hydrogen) atoms. The Labute approximate surface area is 82.8 Å². The Bertz CT molecular complexity index is 236. The van der Waals surface area contributed by atoms with Gasteiger partial charge >= 0.3 is 0 Å². The highest BCUT2D eigenvalue weighted by molar-refractivity contribution is 5.04. The second-order valence-corrected chi connectivity index (χ2v) is 4.61. The number of hydrogen-bond acceptors (Lipinski definition) is 4. The van der Waals surface area contributed by atoms with Gasteiger partial charge in [0.05, 0.1) is 25.4 Å². The third kappa shape index (κ3) is 1.03. The molecule has 0 aromatic heterocycles. The SMILES string of the molecule is O[C@@H]1[C@H]2CCC3(OCCO3)[C@H]2C[C@@H]1O. The molecule has 0 aromatic carbocycles. The molecule has 0 aromatic rings. The molecule has 2 aliphatic carbocycles. The van der Waals surface area contributed by atoms with Gasteiger partial charge in [-0.1, -0.05) is 0 Å². The van der Waals surface area contributed by atoms with E-state index in [1.54, 1.807) is 0 Å². The van der Waals surface area contributed by atoms with Crippen LogP contribution in [0.4, 0.5) is 0 Å². The number of fused-ring (bicyclic) bond motifs is 2. The summed E-state index contributed by atoms with van der Waals surface area (Å²) < 4.78 is 11.3. The summed E-state index contributed by atoms with van der Waals surface area (Å²) in [6.07, 6.45) is 1.23. The summed E-state index contributed by atoms with van der Waals surface area (Å²) in [7, 11) is 0. The average molecular weight is 200 g/mol. The van der Waals surface area contributed by atoms with E-state index in [9.17, 15) is 10.2 Å². The predicted octanol–water partition coefficient (Wildman–Crippen LogP) is -0.119. The van der Waals surface area contributed by atoms with Crippen LogP contribution in [0.1, 0.15) is 19.3 Å². The summed E-state index contributed by atoms with van der Waals surface area (Å²) in [5, 5.41) is 19.3. The van der Waals surface area contributed by atoms with Crippen molar-refractivity contribution in [1.82, 2.24) is 0 Å². The molecule has 3 fully saturated rings. The first kappa shape index (κ1) is 9.09. The summed E-state index contributed by atoms with van der Waals surface area (Å²) in [6.45, 7) is 1.30. The highest BCUT2D eigenvalue weighted by Crippen LogP contribution is 2.53. The molecular weight excluding hydrogens is 184 g/mol. The van der Waals surface area contributed by atoms with Gasteiger partial charge in [0.15, 0.2) is 5.79 Å². The molecule has 0 bridgehead atoms. The predicted molar refractivity (Wildman–Crippen MR) is 47.5 cm³/mol. The Kier molecular flexibility index (Phi) is 1.89. The highest BCUT2D eigenvalue weighted by Gasteiger charge is 2.59. The van der Waals surface area contributed by atoms with E-state index in [-0.39, 0.29) is 11.8 Å². The molecule has 1 aliphatic heterocycles. The highest BCUT2D eigenvalue weighted by atomic mass is 16.7. The van der Waals surface area contributed by atoms with Gasteiger partial charge in [-0.3, -0.25) is 0 Å². The number of rotatable bonds is 0. The molecule has 3 rings (SSSR count). The first-order valence-corrected chi connectivity index (χ1v) is 5.37. The molecule has 1 heterocycles. The number of aliphatic hydroxyl groups is 2. The minimum absolute atomic E-state index is 0.170. The van der Waals surface area contributed by atoms with Crippen LogP contribution < -0.4 is 0 Å². The van der Waals surface area contributed by atoms with Crippen LogP contribution >= 0.6 is 0 Å². The Morgan fingerprint density at radius 1 is 1.14 bits per heavy atom. The van der Waals surface area contributed by atoms with Crippen molar-refractivity contribution in [3.63, 3.8) is 0 Å². The van der Waals surface area contributed by atoms with Gasteiger partial charge < -0.3 is 19.7 Å². The molecular formula is C10H16O4. The number of ether oxygens (including phenoxy) is 2. The monoisotopic (exact) mass is 200 g/mol. The molecule has 0 unspecified atom stereocenters. The summed E-state index contributed by atoms with van der Waals surface area (Å²) >= 11 is 0. The van der Waals surface area contributed by atoms with E-state index in [1.807, 2.05) is 0 Å². The lowest BCUT2D eigenvalue weighted by Crippen LogP contribution is -2.35. The van der Waals surface area contributed by atoms with Crippen LogP contribution in [-0.2, 0) is 9.47 Å². The van der Waals surface area contributed by atoms with E-state index < -0.39 is 18.0 Å². The molecule has 4 nitrogen and oxygen atoms in total. The normalized spacial score (nSPS) is 50.1. The minimum Gasteiger partial charge on any atom is -0.390 e. The van der Waals surface area contributed by atoms with Gasteiger partial charge in [-0.25, -0.2) is 0 Å². The molecule has 2 saturated carbocycles. The van der Waals surface area contributed by atoms with E-state index in [0.717, 1.165) is 12.8 Å². The lowest BCUT2D eigenvalue weighted by atomic mass is 9.96. The van der Waals surface area contributed by atoms with Crippen LogP contribution in [-0.4, -0.2) is 41.4 Å². The molecule has 3 aliphatic rings. The summed E-state index contributed by atoms with van der Waals surface area (Å²) in [4.78, 5) is 0. The fourth-order valence-corrected chi connectivity index (χ4v) is 3.36. The van der Waals surface area contributed by atoms with Gasteiger partial charge in [-0.15, -0.1) is 0 Å². The van der Waals surface area contributed by atoms with Crippen LogP contribution in [0.25, 0.3) is 0 Å². The Hall–Kier alpha value is -0.160. The van der Waals surface area contributed by atoms with Crippen LogP contribution in [0.15, 0.2) is 0 Å². The Morgan fingerprint density at radius 3 is 2.57 bits per heavy atom. The van der Waals surface area contributed by atoms with Crippen molar-refractivity contribution in [3.8, 4) is 0 Å². The lowest BCUT2D eigenvalue weighted by molar-refractivity contribution is -0.185. The number of aliphatic hydroxyl groups excluding tert-OH is 2. The fourth-order valence-electron chi connectivity index (χ4n) is 3.36. The second-order valence-electron chi connectivity index (χ2n) is 4.61. The Balaban J connectivity index is 1.86. The summed E-state index contributed by atoms with van der Waals surface area (Å²) in [6, 6.07) is 0. The first-order valence-electron chi connectivity index (χ1n) is 5.37. The maximum Gasteiger partial charge on any atom is 0.171 e. The molecule has 4 heteroatoms. The molecule has 80 valence electrons. The summed E-state index contributed by atoms with van der Waals surface area (Å²) in [5.41, 5.74) is 0. The van der Waals surface area contributed by atoms with Crippen molar-refractivity contribution in [2.75, 3.05) is 13.2 Å². The smallest absolute Gasteiger partial charge is 0.171 e. The molecule has 0 amide bonds. The third-order valence-electron chi connectivity index (χ3n) is 4.01. The first-order chi connectivity index (χ1) is 6.73. The van der Waals surface area contributed by atoms with E-state index in [0.29, 0.717) is 19.6 Å². The van der Waals surface area contributed by atoms with Crippen molar-refractivity contribution in [2.24, 2.45) is 11.8 Å². The van der Waals surface area contributed by atoms with E-state index in [4.69, 9.17) is 9.47 Å². The van der Waals surface area contributed by atoms with E-state index in [2.05, 4.69) is 0 Å². The lowest BCUT2D eigenvalue weighted by Gasteiger charge is -2.28. The van der Waals surface area contributed by atoms with Gasteiger partial charge in [0.25, 0.3) is 0 Å². The maximum atomic E-state index is 9.75. The van der Waals surface area contributed by atoms with Crippen LogP contribution in [0.5, 0.6) is 0 Å². The van der Waals surface area contributed by atoms with Crippen molar-refractivity contribution in [1.29, 1.82) is 0 Å². The van der Waals surface area contributed by atoms with Crippen molar-refractivity contribution in [2.45, 2.75) is 37.3 Å². The third-order valence-corrected chi connectivity index (χ3v) is 4.01. The Morgan fingerprint density at radius 2 is 1.86 bits per heavy atom. The van der Waals surface area contributed by atoms with E-state index in [1.165, 1.54) is 0 Å². The van der Waals surface area contributed by atoms with Crippen LogP contribution in [0.2, 0.25) is 0 Å². The molecule has 4 atom stereocenters. The zero-order valence-electron chi connectivity index (χ0n) is 8.06. The number of hydrogen-bond donors (Lipinski definition) is 2. The minimum atomic E-state index is -0.588. The van der Waals surface area contributed by atoms with Crippen LogP contribution in [0.3, 0.4) is 0 Å². The van der Waals surface area contributed by atoms with Gasteiger partial charge in [-0.2, -0.15) is 0 Å². The molecule has 2 N–H and O–H groups in total. The fraction of sp³-hybridized carbons (Fsp3) is 1.00. The van der Waals surface area contributed by atoms with Crippen molar-refractivity contribution < 1.29 is 19.7 Å². The zero-order valence-corrected chi connectivity index (χ0v) is 8.06. The topological polar surface area (TPSA) is 58.9 Å². The molecule has 1 saturated heterocycles. The second kappa shape index (κ2) is 2.92. The quantitative estimate of drug-likeness (QED) is 0.572. The van der Waals surface area contributed by atoms with Gasteiger partial charge in [0.1, 0.15) is 0 Å². The van der Waals surface area contributed by atoms with Crippen molar-refractivity contribution in [3.05, 3.63) is 0 Å². The zero-order chi connectivity index (χ0) is 9.76.